The van der Waals surface area contributed by atoms with E-state index in [1.54, 1.807) is 0 Å². The first-order valence-corrected chi connectivity index (χ1v) is 10.7. The lowest BCUT2D eigenvalue weighted by atomic mass is 10.1. The Morgan fingerprint density at radius 1 is 1.23 bits per heavy atom. The SMILES string of the molecule is Cc1nc2ccccc2n1CC(C)C(=O)Nc1ccccc1OCC1CCCCO1. The van der Waals surface area contributed by atoms with Crippen LogP contribution in [-0.2, 0) is 16.1 Å². The van der Waals surface area contributed by atoms with Gasteiger partial charge in [-0.25, -0.2) is 4.98 Å². The smallest absolute Gasteiger partial charge is 0.229 e. The van der Waals surface area contributed by atoms with E-state index in [0.717, 1.165) is 36.3 Å². The second-order valence-electron chi connectivity index (χ2n) is 7.94. The van der Waals surface area contributed by atoms with Gasteiger partial charge in [-0.3, -0.25) is 4.79 Å². The molecule has 0 saturated carbocycles. The Kier molecular flexibility index (Phi) is 6.33. The summed E-state index contributed by atoms with van der Waals surface area (Å²) in [7, 11) is 0. The number of aryl methyl sites for hydroxylation is 1. The highest BCUT2D eigenvalue weighted by Gasteiger charge is 2.19. The molecule has 2 aromatic carbocycles. The molecule has 30 heavy (non-hydrogen) atoms. The van der Waals surface area contributed by atoms with Crippen molar-refractivity contribution in [3.05, 3.63) is 54.4 Å². The monoisotopic (exact) mass is 407 g/mol. The second-order valence-corrected chi connectivity index (χ2v) is 7.94. The highest BCUT2D eigenvalue weighted by molar-refractivity contribution is 5.93. The summed E-state index contributed by atoms with van der Waals surface area (Å²) in [6.07, 6.45) is 3.43. The molecule has 158 valence electrons. The topological polar surface area (TPSA) is 65.4 Å². The van der Waals surface area contributed by atoms with Crippen LogP contribution in [0.5, 0.6) is 5.75 Å². The van der Waals surface area contributed by atoms with E-state index in [1.807, 2.05) is 62.4 Å². The van der Waals surface area contributed by atoms with E-state index in [4.69, 9.17) is 9.47 Å². The molecule has 6 heteroatoms. The standard InChI is InChI=1S/C24H29N3O3/c1-17(15-27-18(2)25-20-10-3-5-12-22(20)27)24(28)26-21-11-4-6-13-23(21)30-16-19-9-7-8-14-29-19/h3-6,10-13,17,19H,7-9,14-16H2,1-2H3,(H,26,28). The van der Waals surface area contributed by atoms with Crippen molar-refractivity contribution in [1.82, 2.24) is 9.55 Å². The summed E-state index contributed by atoms with van der Waals surface area (Å²) < 4.78 is 13.8. The molecule has 1 saturated heterocycles. The van der Waals surface area contributed by atoms with Crippen LogP contribution in [0.2, 0.25) is 0 Å². The van der Waals surface area contributed by atoms with Gasteiger partial charge in [-0.2, -0.15) is 0 Å². The number of carbonyl (C=O) groups excluding carboxylic acids is 1. The van der Waals surface area contributed by atoms with Gasteiger partial charge in [0.25, 0.3) is 0 Å². The Balaban J connectivity index is 1.41. The molecular weight excluding hydrogens is 378 g/mol. The summed E-state index contributed by atoms with van der Waals surface area (Å²) >= 11 is 0. The van der Waals surface area contributed by atoms with Gasteiger partial charge in [0.15, 0.2) is 0 Å². The molecule has 2 heterocycles. The fourth-order valence-electron chi connectivity index (χ4n) is 3.86. The minimum atomic E-state index is -0.226. The average Bonchev–Trinajstić information content (AvgIpc) is 3.09. The van der Waals surface area contributed by atoms with Crippen LogP contribution in [0.4, 0.5) is 5.69 Å². The first-order chi connectivity index (χ1) is 14.6. The molecule has 2 unspecified atom stereocenters. The zero-order valence-corrected chi connectivity index (χ0v) is 17.6. The highest BCUT2D eigenvalue weighted by Crippen LogP contribution is 2.26. The maximum Gasteiger partial charge on any atom is 0.229 e. The van der Waals surface area contributed by atoms with Crippen LogP contribution in [-0.4, -0.2) is 34.8 Å². The molecule has 6 nitrogen and oxygen atoms in total. The van der Waals surface area contributed by atoms with Crippen molar-refractivity contribution in [2.45, 2.75) is 45.8 Å². The number of carbonyl (C=O) groups is 1. The number of aromatic nitrogens is 2. The molecule has 2 atom stereocenters. The first-order valence-electron chi connectivity index (χ1n) is 10.7. The number of imidazole rings is 1. The Labute approximate surface area is 177 Å². The molecule has 1 N–H and O–H groups in total. The third kappa shape index (κ3) is 4.65. The number of hydrogen-bond acceptors (Lipinski definition) is 4. The third-order valence-corrected chi connectivity index (χ3v) is 5.59. The van der Waals surface area contributed by atoms with Crippen molar-refractivity contribution in [3.63, 3.8) is 0 Å². The number of anilines is 1. The predicted octanol–water partition coefficient (Wildman–Crippen LogP) is 4.57. The van der Waals surface area contributed by atoms with Crippen LogP contribution in [0.15, 0.2) is 48.5 Å². The normalized spacial score (nSPS) is 17.6. The number of nitrogens with one attached hydrogen (secondary N) is 1. The molecule has 1 fully saturated rings. The van der Waals surface area contributed by atoms with Gasteiger partial charge in [-0.1, -0.05) is 31.2 Å². The van der Waals surface area contributed by atoms with Gasteiger partial charge in [-0.15, -0.1) is 0 Å². The predicted molar refractivity (Wildman–Crippen MR) is 118 cm³/mol. The molecule has 1 aliphatic rings. The summed E-state index contributed by atoms with van der Waals surface area (Å²) in [6.45, 7) is 5.77. The van der Waals surface area contributed by atoms with E-state index in [2.05, 4.69) is 14.9 Å². The number of benzene rings is 2. The van der Waals surface area contributed by atoms with Crippen LogP contribution in [0.3, 0.4) is 0 Å². The van der Waals surface area contributed by atoms with E-state index in [9.17, 15) is 4.79 Å². The summed E-state index contributed by atoms with van der Waals surface area (Å²) in [6, 6.07) is 15.6. The number of ether oxygens (including phenoxy) is 2. The molecule has 4 rings (SSSR count). The van der Waals surface area contributed by atoms with Crippen LogP contribution in [0.25, 0.3) is 11.0 Å². The number of para-hydroxylation sites is 4. The Hall–Kier alpha value is -2.86. The van der Waals surface area contributed by atoms with Crippen LogP contribution < -0.4 is 10.1 Å². The summed E-state index contributed by atoms with van der Waals surface area (Å²) in [5, 5.41) is 3.04. The maximum atomic E-state index is 12.9. The molecule has 1 aromatic heterocycles. The van der Waals surface area contributed by atoms with Gasteiger partial charge in [0.2, 0.25) is 5.91 Å². The highest BCUT2D eigenvalue weighted by atomic mass is 16.5. The van der Waals surface area contributed by atoms with Crippen LogP contribution in [0, 0.1) is 12.8 Å². The van der Waals surface area contributed by atoms with E-state index >= 15 is 0 Å². The zero-order valence-electron chi connectivity index (χ0n) is 17.6. The lowest BCUT2D eigenvalue weighted by Crippen LogP contribution is -2.27. The number of hydrogen-bond donors (Lipinski definition) is 1. The maximum absolute atomic E-state index is 12.9. The molecule has 0 radical (unpaired) electrons. The fraction of sp³-hybridized carbons (Fsp3) is 0.417. The largest absolute Gasteiger partial charge is 0.489 e. The van der Waals surface area contributed by atoms with E-state index in [1.165, 1.54) is 6.42 Å². The zero-order chi connectivity index (χ0) is 20.9. The molecule has 3 aromatic rings. The lowest BCUT2D eigenvalue weighted by molar-refractivity contribution is -0.119. The van der Waals surface area contributed by atoms with Gasteiger partial charge >= 0.3 is 0 Å². The van der Waals surface area contributed by atoms with Crippen molar-refractivity contribution >= 4 is 22.6 Å². The molecule has 0 aliphatic carbocycles. The van der Waals surface area contributed by atoms with Crippen molar-refractivity contribution in [2.24, 2.45) is 5.92 Å². The van der Waals surface area contributed by atoms with Crippen LogP contribution in [0.1, 0.15) is 32.0 Å². The van der Waals surface area contributed by atoms with E-state index in [0.29, 0.717) is 24.6 Å². The second kappa shape index (κ2) is 9.30. The van der Waals surface area contributed by atoms with Crippen molar-refractivity contribution in [3.8, 4) is 5.75 Å². The molecule has 0 spiro atoms. The summed E-state index contributed by atoms with van der Waals surface area (Å²) in [5.41, 5.74) is 2.69. The van der Waals surface area contributed by atoms with Gasteiger partial charge < -0.3 is 19.4 Å². The number of nitrogens with zero attached hydrogens (tertiary/aromatic N) is 2. The van der Waals surface area contributed by atoms with Crippen molar-refractivity contribution in [2.75, 3.05) is 18.5 Å². The lowest BCUT2D eigenvalue weighted by Gasteiger charge is -2.23. The fourth-order valence-corrected chi connectivity index (χ4v) is 3.86. The minimum absolute atomic E-state index is 0.0443. The molecule has 1 aliphatic heterocycles. The van der Waals surface area contributed by atoms with Crippen molar-refractivity contribution in [1.29, 1.82) is 0 Å². The van der Waals surface area contributed by atoms with Crippen molar-refractivity contribution < 1.29 is 14.3 Å². The van der Waals surface area contributed by atoms with E-state index in [-0.39, 0.29) is 17.9 Å². The Morgan fingerprint density at radius 3 is 2.87 bits per heavy atom. The quantitative estimate of drug-likeness (QED) is 0.623. The van der Waals surface area contributed by atoms with Crippen LogP contribution >= 0.6 is 0 Å². The Bertz CT molecular complexity index is 1010. The average molecular weight is 408 g/mol. The van der Waals surface area contributed by atoms with Gasteiger partial charge in [0.05, 0.1) is 28.7 Å². The molecule has 1 amide bonds. The third-order valence-electron chi connectivity index (χ3n) is 5.59. The Morgan fingerprint density at radius 2 is 2.03 bits per heavy atom. The first kappa shape index (κ1) is 20.4. The minimum Gasteiger partial charge on any atom is -0.489 e. The molecular formula is C24H29N3O3. The van der Waals surface area contributed by atoms with Gasteiger partial charge in [0, 0.05) is 13.2 Å². The van der Waals surface area contributed by atoms with Gasteiger partial charge in [0.1, 0.15) is 18.2 Å². The summed E-state index contributed by atoms with van der Waals surface area (Å²) in [5.74, 6) is 1.32. The van der Waals surface area contributed by atoms with Gasteiger partial charge in [-0.05, 0) is 50.5 Å². The summed E-state index contributed by atoms with van der Waals surface area (Å²) in [4.78, 5) is 17.5. The van der Waals surface area contributed by atoms with E-state index < -0.39 is 0 Å². The number of fused-ring (bicyclic) bond motifs is 1. The molecule has 0 bridgehead atoms. The number of amides is 1. The number of rotatable bonds is 7.